The van der Waals surface area contributed by atoms with Gasteiger partial charge >= 0.3 is 7.12 Å². The van der Waals surface area contributed by atoms with Crippen LogP contribution in [0.3, 0.4) is 0 Å². The molecule has 3 rings (SSSR count). The monoisotopic (exact) mass is 401 g/mol. The number of rotatable bonds is 6. The van der Waals surface area contributed by atoms with Crippen LogP contribution >= 0.6 is 11.8 Å². The van der Waals surface area contributed by atoms with Gasteiger partial charge in [-0.2, -0.15) is 0 Å². The zero-order valence-corrected chi connectivity index (χ0v) is 18.0. The second-order valence-corrected chi connectivity index (χ2v) is 9.61. The molecular formula is C21H28BNO4S. The number of nitrogens with one attached hydrogen (secondary N) is 1. The summed E-state index contributed by atoms with van der Waals surface area (Å²) < 4.78 is 12.3. The third kappa shape index (κ3) is 5.07. The van der Waals surface area contributed by atoms with E-state index in [9.17, 15) is 9.59 Å². The molecule has 2 aliphatic rings. The van der Waals surface area contributed by atoms with Crippen molar-refractivity contribution in [2.45, 2.75) is 64.7 Å². The zero-order chi connectivity index (χ0) is 20.5. The Labute approximate surface area is 171 Å². The Morgan fingerprint density at radius 3 is 2.21 bits per heavy atom. The van der Waals surface area contributed by atoms with Gasteiger partial charge in [-0.1, -0.05) is 30.0 Å². The molecule has 0 unspecified atom stereocenters. The van der Waals surface area contributed by atoms with Crippen LogP contribution in [0.4, 0.5) is 0 Å². The Balaban J connectivity index is 1.78. The van der Waals surface area contributed by atoms with Crippen molar-refractivity contribution >= 4 is 36.0 Å². The van der Waals surface area contributed by atoms with Crippen LogP contribution in [-0.4, -0.2) is 41.1 Å². The highest BCUT2D eigenvalue weighted by atomic mass is 32.2. The van der Waals surface area contributed by atoms with Crippen LogP contribution in [0.2, 0.25) is 0 Å². The molecular weight excluding hydrogens is 373 g/mol. The van der Waals surface area contributed by atoms with Gasteiger partial charge in [0.2, 0.25) is 0 Å². The molecule has 1 aromatic rings. The summed E-state index contributed by atoms with van der Waals surface area (Å²) in [6.45, 7) is 9.60. The third-order valence-corrected chi connectivity index (χ3v) is 6.32. The Morgan fingerprint density at radius 2 is 1.71 bits per heavy atom. The zero-order valence-electron chi connectivity index (χ0n) is 17.2. The summed E-state index contributed by atoms with van der Waals surface area (Å²) in [5, 5.41) is 3.04. The summed E-state index contributed by atoms with van der Waals surface area (Å²) in [7, 11) is -0.505. The Hall–Kier alpha value is -1.57. The normalized spacial score (nSPS) is 20.9. The first-order valence-electron chi connectivity index (χ1n) is 9.68. The van der Waals surface area contributed by atoms with Crippen LogP contribution in [0.5, 0.6) is 0 Å². The van der Waals surface area contributed by atoms with E-state index >= 15 is 0 Å². The van der Waals surface area contributed by atoms with Crippen molar-refractivity contribution in [2.24, 2.45) is 0 Å². The standard InChI is InChI=1S/C21H28BNO4S/c1-14(24)28-13-17(22-26-20(2,3)21(4,5)27-22)12-15-6-8-16(9-7-15)19(25)23-18-10-11-18/h6-9,12,18H,10-11,13H2,1-5H3,(H,23,25). The van der Waals surface area contributed by atoms with Gasteiger partial charge in [0.15, 0.2) is 5.12 Å². The van der Waals surface area contributed by atoms with Crippen molar-refractivity contribution in [1.29, 1.82) is 0 Å². The summed E-state index contributed by atoms with van der Waals surface area (Å²) in [5.74, 6) is 0.465. The maximum Gasteiger partial charge on any atom is 0.491 e. The lowest BCUT2D eigenvalue weighted by Gasteiger charge is -2.32. The van der Waals surface area contributed by atoms with Crippen molar-refractivity contribution in [3.8, 4) is 0 Å². The summed E-state index contributed by atoms with van der Waals surface area (Å²) in [6, 6.07) is 7.80. The van der Waals surface area contributed by atoms with Crippen LogP contribution < -0.4 is 5.32 Å². The fraction of sp³-hybridized carbons (Fsp3) is 0.524. The van der Waals surface area contributed by atoms with Gasteiger partial charge < -0.3 is 14.6 Å². The van der Waals surface area contributed by atoms with E-state index in [1.165, 1.54) is 11.8 Å². The van der Waals surface area contributed by atoms with E-state index in [1.807, 2.05) is 58.0 Å². The molecule has 0 radical (unpaired) electrons. The number of benzene rings is 1. The molecule has 1 saturated carbocycles. The Bertz CT molecular complexity index is 768. The number of hydrogen-bond acceptors (Lipinski definition) is 5. The fourth-order valence-corrected chi connectivity index (χ4v) is 3.39. The largest absolute Gasteiger partial charge is 0.491 e. The van der Waals surface area contributed by atoms with Gasteiger partial charge in [0.25, 0.3) is 5.91 Å². The van der Waals surface area contributed by atoms with E-state index in [0.717, 1.165) is 23.9 Å². The van der Waals surface area contributed by atoms with Crippen LogP contribution in [0, 0.1) is 0 Å². The molecule has 2 fully saturated rings. The number of carbonyl (C=O) groups is 2. The fourth-order valence-electron chi connectivity index (χ4n) is 2.80. The molecule has 1 aromatic carbocycles. The highest BCUT2D eigenvalue weighted by molar-refractivity contribution is 8.13. The van der Waals surface area contributed by atoms with Crippen LogP contribution in [0.1, 0.15) is 63.4 Å². The second kappa shape index (κ2) is 8.05. The van der Waals surface area contributed by atoms with Gasteiger partial charge in [-0.3, -0.25) is 9.59 Å². The van der Waals surface area contributed by atoms with Gasteiger partial charge in [-0.15, -0.1) is 0 Å². The second-order valence-electron chi connectivity index (χ2n) is 8.46. The molecule has 28 heavy (non-hydrogen) atoms. The van der Waals surface area contributed by atoms with Gasteiger partial charge in [0, 0.05) is 24.3 Å². The predicted molar refractivity (Wildman–Crippen MR) is 114 cm³/mol. The topological polar surface area (TPSA) is 64.6 Å². The Kier molecular flexibility index (Phi) is 6.08. The van der Waals surface area contributed by atoms with Gasteiger partial charge in [0.1, 0.15) is 0 Å². The lowest BCUT2D eigenvalue weighted by Crippen LogP contribution is -2.41. The molecule has 1 N–H and O–H groups in total. The van der Waals surface area contributed by atoms with Crippen molar-refractivity contribution in [3.63, 3.8) is 0 Å². The summed E-state index contributed by atoms with van der Waals surface area (Å²) >= 11 is 1.24. The van der Waals surface area contributed by atoms with Crippen molar-refractivity contribution in [3.05, 3.63) is 40.9 Å². The summed E-state index contributed by atoms with van der Waals surface area (Å²) in [6.07, 6.45) is 4.12. The SMILES string of the molecule is CC(=O)SCC(=Cc1ccc(C(=O)NC2CC2)cc1)B1OC(C)(C)C(C)(C)O1. The molecule has 1 heterocycles. The molecule has 150 valence electrons. The predicted octanol–water partition coefficient (Wildman–Crippen LogP) is 3.87. The highest BCUT2D eigenvalue weighted by Gasteiger charge is 2.52. The number of carbonyl (C=O) groups excluding carboxylic acids is 2. The minimum atomic E-state index is -0.505. The van der Waals surface area contributed by atoms with E-state index < -0.39 is 18.3 Å². The maximum atomic E-state index is 12.2. The Morgan fingerprint density at radius 1 is 1.14 bits per heavy atom. The van der Waals surface area contributed by atoms with E-state index in [1.54, 1.807) is 6.92 Å². The average Bonchev–Trinajstić information content (AvgIpc) is 3.38. The summed E-state index contributed by atoms with van der Waals surface area (Å²) in [4.78, 5) is 23.6. The molecule has 1 aliphatic carbocycles. The molecule has 0 atom stereocenters. The molecule has 1 amide bonds. The van der Waals surface area contributed by atoms with Crippen molar-refractivity contribution < 1.29 is 18.9 Å². The van der Waals surface area contributed by atoms with Crippen LogP contribution in [0.25, 0.3) is 6.08 Å². The smallest absolute Gasteiger partial charge is 0.400 e. The molecule has 1 saturated heterocycles. The number of thioether (sulfide) groups is 1. The molecule has 5 nitrogen and oxygen atoms in total. The van der Waals surface area contributed by atoms with Crippen molar-refractivity contribution in [2.75, 3.05) is 5.75 Å². The molecule has 0 spiro atoms. The van der Waals surface area contributed by atoms with Gasteiger partial charge in [0.05, 0.1) is 11.2 Å². The first kappa shape index (κ1) is 21.2. The van der Waals surface area contributed by atoms with E-state index in [0.29, 0.717) is 17.4 Å². The van der Waals surface area contributed by atoms with E-state index in [-0.39, 0.29) is 11.0 Å². The quantitative estimate of drug-likeness (QED) is 0.733. The summed E-state index contributed by atoms with van der Waals surface area (Å²) in [5.41, 5.74) is 1.61. The third-order valence-electron chi connectivity index (χ3n) is 5.44. The van der Waals surface area contributed by atoms with Crippen LogP contribution in [0.15, 0.2) is 29.7 Å². The number of amides is 1. The minimum Gasteiger partial charge on any atom is -0.400 e. The molecule has 1 aliphatic heterocycles. The van der Waals surface area contributed by atoms with Crippen LogP contribution in [-0.2, 0) is 14.1 Å². The molecule has 7 heteroatoms. The maximum absolute atomic E-state index is 12.2. The minimum absolute atomic E-state index is 0.0312. The highest BCUT2D eigenvalue weighted by Crippen LogP contribution is 2.39. The van der Waals surface area contributed by atoms with Crippen molar-refractivity contribution in [1.82, 2.24) is 5.32 Å². The average molecular weight is 401 g/mol. The first-order chi connectivity index (χ1) is 13.1. The first-order valence-corrected chi connectivity index (χ1v) is 10.7. The molecule has 0 aromatic heterocycles. The molecule has 0 bridgehead atoms. The van der Waals surface area contributed by atoms with Gasteiger partial charge in [-0.25, -0.2) is 0 Å². The van der Waals surface area contributed by atoms with E-state index in [4.69, 9.17) is 9.31 Å². The lowest BCUT2D eigenvalue weighted by molar-refractivity contribution is -0.109. The lowest BCUT2D eigenvalue weighted by atomic mass is 9.78. The van der Waals surface area contributed by atoms with E-state index in [2.05, 4.69) is 5.32 Å². The van der Waals surface area contributed by atoms with Gasteiger partial charge in [-0.05, 0) is 63.7 Å². The number of hydrogen-bond donors (Lipinski definition) is 1.